The lowest BCUT2D eigenvalue weighted by molar-refractivity contribution is -0.0587. The molecule has 92 valence electrons. The van der Waals surface area contributed by atoms with Gasteiger partial charge in [-0.25, -0.2) is 18.2 Å². The average Bonchev–Trinajstić information content (AvgIpc) is 2.97. The fourth-order valence-corrected chi connectivity index (χ4v) is 2.58. The molecule has 2 heterocycles. The van der Waals surface area contributed by atoms with E-state index in [0.29, 0.717) is 11.0 Å². The van der Waals surface area contributed by atoms with Crippen LogP contribution in [0, 0.1) is 11.7 Å². The van der Waals surface area contributed by atoms with E-state index in [9.17, 15) is 13.2 Å². The lowest BCUT2D eigenvalue weighted by atomic mass is 9.90. The molecule has 3 atom stereocenters. The van der Waals surface area contributed by atoms with E-state index in [4.69, 9.17) is 4.84 Å². The minimum absolute atomic E-state index is 0.260. The molecule has 3 rings (SSSR count). The van der Waals surface area contributed by atoms with Crippen LogP contribution in [0.3, 0.4) is 0 Å². The number of nitrogens with zero attached hydrogens (tertiary/aromatic N) is 1. The monoisotopic (exact) mass is 308 g/mol. The molecule has 1 aliphatic heterocycles. The zero-order chi connectivity index (χ0) is 12.2. The number of rotatable bonds is 2. The number of halogens is 4. The van der Waals surface area contributed by atoms with Crippen LogP contribution in [-0.2, 0) is 10.4 Å². The summed E-state index contributed by atoms with van der Waals surface area (Å²) in [4.78, 5) is 8.85. The van der Waals surface area contributed by atoms with Crippen molar-refractivity contribution in [1.29, 1.82) is 0 Å². The van der Waals surface area contributed by atoms with Gasteiger partial charge in [-0.3, -0.25) is 4.84 Å². The number of nitrogens with one attached hydrogen (secondary N) is 1. The van der Waals surface area contributed by atoms with Crippen molar-refractivity contribution in [2.24, 2.45) is 5.92 Å². The van der Waals surface area contributed by atoms with Crippen molar-refractivity contribution in [2.75, 3.05) is 0 Å². The van der Waals surface area contributed by atoms with Gasteiger partial charge in [-0.2, -0.15) is 5.48 Å². The molecule has 1 saturated carbocycles. The van der Waals surface area contributed by atoms with Gasteiger partial charge in [-0.15, -0.1) is 0 Å². The van der Waals surface area contributed by atoms with Crippen molar-refractivity contribution in [1.82, 2.24) is 10.5 Å². The second-order valence-electron chi connectivity index (χ2n) is 4.23. The van der Waals surface area contributed by atoms with Crippen LogP contribution in [0.2, 0.25) is 0 Å². The Labute approximate surface area is 103 Å². The average molecular weight is 309 g/mol. The molecule has 1 aliphatic carbocycles. The third-order valence-electron chi connectivity index (χ3n) is 3.24. The van der Waals surface area contributed by atoms with E-state index in [1.807, 2.05) is 0 Å². The largest absolute Gasteiger partial charge is 0.297 e. The summed E-state index contributed by atoms with van der Waals surface area (Å²) in [5, 5.41) is 0. The number of hydrogen-bond donors (Lipinski definition) is 1. The lowest BCUT2D eigenvalue weighted by Crippen LogP contribution is -2.48. The Balaban J connectivity index is 2.13. The van der Waals surface area contributed by atoms with Gasteiger partial charge in [0.1, 0.15) is 16.1 Å². The molecule has 0 aromatic carbocycles. The molecule has 0 amide bonds. The predicted molar refractivity (Wildman–Crippen MR) is 55.7 cm³/mol. The Morgan fingerprint density at radius 3 is 2.82 bits per heavy atom. The van der Waals surface area contributed by atoms with Gasteiger partial charge in [-0.1, -0.05) is 0 Å². The van der Waals surface area contributed by atoms with Gasteiger partial charge in [0.05, 0.1) is 6.10 Å². The van der Waals surface area contributed by atoms with Gasteiger partial charge in [-0.05, 0) is 34.5 Å². The van der Waals surface area contributed by atoms with Gasteiger partial charge in [0, 0.05) is 5.92 Å². The SMILES string of the molecule is Fc1ccc(Br)nc1[C@@]1(C(F)F)NOC2C[C@@H]21. The van der Waals surface area contributed by atoms with Gasteiger partial charge in [0.25, 0.3) is 6.43 Å². The highest BCUT2D eigenvalue weighted by Crippen LogP contribution is 2.55. The van der Waals surface area contributed by atoms with E-state index in [1.165, 1.54) is 6.07 Å². The van der Waals surface area contributed by atoms with Crippen molar-refractivity contribution in [2.45, 2.75) is 24.5 Å². The van der Waals surface area contributed by atoms with Gasteiger partial charge in [0.15, 0.2) is 5.54 Å². The first kappa shape index (κ1) is 11.4. The number of alkyl halides is 2. The highest BCUT2D eigenvalue weighted by Gasteiger charge is 2.67. The maximum atomic E-state index is 13.7. The summed E-state index contributed by atoms with van der Waals surface area (Å²) in [6.07, 6.45) is -2.54. The quantitative estimate of drug-likeness (QED) is 0.852. The van der Waals surface area contributed by atoms with E-state index < -0.39 is 23.7 Å². The third-order valence-corrected chi connectivity index (χ3v) is 3.69. The summed E-state index contributed by atoms with van der Waals surface area (Å²) >= 11 is 3.06. The van der Waals surface area contributed by atoms with Gasteiger partial charge >= 0.3 is 0 Å². The van der Waals surface area contributed by atoms with Crippen LogP contribution in [0.15, 0.2) is 16.7 Å². The van der Waals surface area contributed by atoms with Crippen molar-refractivity contribution < 1.29 is 18.0 Å². The van der Waals surface area contributed by atoms with Crippen LogP contribution in [0.4, 0.5) is 13.2 Å². The molecular formula is C10H8BrF3N2O. The zero-order valence-corrected chi connectivity index (χ0v) is 10.0. The van der Waals surface area contributed by atoms with Crippen molar-refractivity contribution in [3.63, 3.8) is 0 Å². The summed E-state index contributed by atoms with van der Waals surface area (Å²) in [5.74, 6) is -1.17. The molecule has 1 aromatic heterocycles. The molecule has 0 bridgehead atoms. The van der Waals surface area contributed by atoms with Crippen LogP contribution in [0.25, 0.3) is 0 Å². The van der Waals surface area contributed by atoms with E-state index >= 15 is 0 Å². The summed E-state index contributed by atoms with van der Waals surface area (Å²) in [6, 6.07) is 2.49. The molecule has 1 aromatic rings. The second kappa shape index (κ2) is 3.66. The van der Waals surface area contributed by atoms with Crippen LogP contribution < -0.4 is 5.48 Å². The molecule has 1 saturated heterocycles. The van der Waals surface area contributed by atoms with Crippen LogP contribution >= 0.6 is 15.9 Å². The first-order valence-electron chi connectivity index (χ1n) is 5.09. The molecule has 1 N–H and O–H groups in total. The Kier molecular flexibility index (Phi) is 2.46. The Hall–Kier alpha value is -0.660. The first-order valence-corrected chi connectivity index (χ1v) is 5.88. The van der Waals surface area contributed by atoms with Crippen molar-refractivity contribution in [3.05, 3.63) is 28.2 Å². The molecule has 7 heteroatoms. The Morgan fingerprint density at radius 1 is 1.53 bits per heavy atom. The number of aromatic nitrogens is 1. The molecule has 2 fully saturated rings. The number of pyridine rings is 1. The second-order valence-corrected chi connectivity index (χ2v) is 5.05. The normalized spacial score (nSPS) is 35.1. The fourth-order valence-electron chi connectivity index (χ4n) is 2.27. The molecular weight excluding hydrogens is 301 g/mol. The number of hydroxylamine groups is 1. The highest BCUT2D eigenvalue weighted by molar-refractivity contribution is 9.10. The Morgan fingerprint density at radius 2 is 2.29 bits per heavy atom. The van der Waals surface area contributed by atoms with Crippen molar-refractivity contribution >= 4 is 15.9 Å². The smallest absolute Gasteiger partial charge is 0.264 e. The fraction of sp³-hybridized carbons (Fsp3) is 0.500. The van der Waals surface area contributed by atoms with Crippen molar-refractivity contribution in [3.8, 4) is 0 Å². The summed E-state index contributed by atoms with van der Waals surface area (Å²) < 4.78 is 40.6. The van der Waals surface area contributed by atoms with Crippen LogP contribution in [0.5, 0.6) is 0 Å². The first-order chi connectivity index (χ1) is 8.05. The molecule has 2 aliphatic rings. The van der Waals surface area contributed by atoms with E-state index in [1.54, 1.807) is 0 Å². The molecule has 17 heavy (non-hydrogen) atoms. The molecule has 3 nitrogen and oxygen atoms in total. The Bertz CT molecular complexity index is 473. The number of fused-ring (bicyclic) bond motifs is 1. The maximum absolute atomic E-state index is 13.7. The summed E-state index contributed by atoms with van der Waals surface area (Å²) in [6.45, 7) is 0. The lowest BCUT2D eigenvalue weighted by Gasteiger charge is -2.29. The standard InChI is InChI=1S/C10H8BrF3N2O/c11-7-2-1-5(12)8(15-7)10(9(13)14)4-3-6(4)17-16-10/h1-2,4,6,9,16H,3H2/t4-,6?,10-/m0/s1. The topological polar surface area (TPSA) is 34.2 Å². The highest BCUT2D eigenvalue weighted by atomic mass is 79.9. The van der Waals surface area contributed by atoms with Gasteiger partial charge in [0.2, 0.25) is 0 Å². The van der Waals surface area contributed by atoms with E-state index in [-0.39, 0.29) is 11.8 Å². The van der Waals surface area contributed by atoms with Crippen LogP contribution in [-0.4, -0.2) is 17.5 Å². The zero-order valence-electron chi connectivity index (χ0n) is 8.46. The van der Waals surface area contributed by atoms with E-state index in [0.717, 1.165) is 6.07 Å². The van der Waals surface area contributed by atoms with Crippen LogP contribution in [0.1, 0.15) is 12.1 Å². The summed E-state index contributed by atoms with van der Waals surface area (Å²) in [7, 11) is 0. The summed E-state index contributed by atoms with van der Waals surface area (Å²) in [5.41, 5.74) is 0.174. The van der Waals surface area contributed by atoms with Gasteiger partial charge < -0.3 is 0 Å². The minimum Gasteiger partial charge on any atom is -0.297 e. The molecule has 1 unspecified atom stereocenters. The molecule has 0 spiro atoms. The number of hydrogen-bond acceptors (Lipinski definition) is 3. The third kappa shape index (κ3) is 1.52. The minimum atomic E-state index is -2.78. The maximum Gasteiger partial charge on any atom is 0.264 e. The molecule has 0 radical (unpaired) electrons. The van der Waals surface area contributed by atoms with E-state index in [2.05, 4.69) is 26.4 Å². The predicted octanol–water partition coefficient (Wildman–Crippen LogP) is 2.37.